The third-order valence-corrected chi connectivity index (χ3v) is 8.44. The van der Waals surface area contributed by atoms with Gasteiger partial charge in [0.2, 0.25) is 11.8 Å². The van der Waals surface area contributed by atoms with E-state index in [9.17, 15) is 14.7 Å². The zero-order valence-corrected chi connectivity index (χ0v) is 18.7. The number of rotatable bonds is 2. The maximum Gasteiger partial charge on any atom is 0.248 e. The summed E-state index contributed by atoms with van der Waals surface area (Å²) in [6, 6.07) is 14.0. The van der Waals surface area contributed by atoms with Crippen molar-refractivity contribution in [2.75, 3.05) is 4.90 Å². The number of aromatic amines is 1. The number of thiazole rings is 1. The summed E-state index contributed by atoms with van der Waals surface area (Å²) in [5, 5.41) is 10.0. The Labute approximate surface area is 187 Å². The molecule has 0 radical (unpaired) electrons. The highest BCUT2D eigenvalue weighted by Gasteiger charge is 2.56. The van der Waals surface area contributed by atoms with Crippen LogP contribution in [0, 0.1) is 9.87 Å². The van der Waals surface area contributed by atoms with E-state index in [1.165, 1.54) is 28.0 Å². The number of fused-ring (bicyclic) bond motifs is 2. The van der Waals surface area contributed by atoms with E-state index >= 15 is 0 Å². The quantitative estimate of drug-likeness (QED) is 0.376. The van der Waals surface area contributed by atoms with Gasteiger partial charge in [-0.05, 0) is 54.2 Å². The molecule has 1 saturated heterocycles. The number of carbonyl (C=O) groups is 2. The Morgan fingerprint density at radius 2 is 1.72 bits per heavy atom. The number of aromatic nitrogens is 1. The Balaban J connectivity index is 1.64. The van der Waals surface area contributed by atoms with E-state index in [0.29, 0.717) is 9.64 Å². The zero-order chi connectivity index (χ0) is 20.3. The first-order valence-electron chi connectivity index (χ1n) is 8.76. The molecule has 1 fully saturated rings. The molecular weight excluding hydrogens is 492 g/mol. The minimum Gasteiger partial charge on any atom is -0.508 e. The summed E-state index contributed by atoms with van der Waals surface area (Å²) >= 11 is 11.5. The number of hydrogen-bond donors (Lipinski definition) is 2. The number of amides is 2. The van der Waals surface area contributed by atoms with Gasteiger partial charge < -0.3 is 10.1 Å². The van der Waals surface area contributed by atoms with Crippen molar-refractivity contribution in [1.82, 2.24) is 4.98 Å². The summed E-state index contributed by atoms with van der Waals surface area (Å²) in [4.78, 5) is 32.2. The number of hydrogen-bond acceptors (Lipinski definition) is 6. The fourth-order valence-electron chi connectivity index (χ4n) is 3.90. The van der Waals surface area contributed by atoms with Gasteiger partial charge in [0.25, 0.3) is 0 Å². The Morgan fingerprint density at radius 1 is 1.03 bits per heavy atom. The third kappa shape index (κ3) is 3.07. The van der Waals surface area contributed by atoms with Crippen molar-refractivity contribution in [2.24, 2.45) is 5.92 Å². The van der Waals surface area contributed by atoms with Crippen LogP contribution in [0.1, 0.15) is 16.4 Å². The van der Waals surface area contributed by atoms with Crippen LogP contribution in [-0.2, 0) is 9.59 Å². The van der Waals surface area contributed by atoms with Gasteiger partial charge in [-0.3, -0.25) is 9.59 Å². The summed E-state index contributed by atoms with van der Waals surface area (Å²) in [7, 11) is 0. The summed E-state index contributed by atoms with van der Waals surface area (Å²) in [6.07, 6.45) is 0. The maximum absolute atomic E-state index is 13.5. The number of nitrogens with zero attached hydrogens (tertiary/aromatic N) is 1. The predicted molar refractivity (Wildman–Crippen MR) is 119 cm³/mol. The Hall–Kier alpha value is -1.94. The molecule has 0 aliphatic carbocycles. The number of anilines is 1. The van der Waals surface area contributed by atoms with Crippen molar-refractivity contribution in [3.63, 3.8) is 0 Å². The summed E-state index contributed by atoms with van der Waals surface area (Å²) in [6.45, 7) is 0. The van der Waals surface area contributed by atoms with Crippen molar-refractivity contribution in [2.45, 2.75) is 16.2 Å². The molecule has 29 heavy (non-hydrogen) atoms. The van der Waals surface area contributed by atoms with Crippen LogP contribution in [0.3, 0.4) is 0 Å². The minimum atomic E-state index is -0.533. The number of benzene rings is 2. The van der Waals surface area contributed by atoms with Crippen LogP contribution in [0.25, 0.3) is 0 Å². The van der Waals surface area contributed by atoms with Gasteiger partial charge in [0, 0.05) is 15.3 Å². The molecular formula is C20H13BrN2O3S3. The Morgan fingerprint density at radius 3 is 2.41 bits per heavy atom. The minimum absolute atomic E-state index is 0.155. The molecule has 2 amide bonds. The molecule has 2 aliphatic heterocycles. The first-order valence-corrected chi connectivity index (χ1v) is 11.7. The molecule has 1 aromatic heterocycles. The number of H-pyrrole nitrogens is 1. The fraction of sp³-hybridized carbons (Fsp3) is 0.150. The van der Waals surface area contributed by atoms with Gasteiger partial charge in [-0.2, -0.15) is 0 Å². The van der Waals surface area contributed by atoms with Crippen molar-refractivity contribution in [1.29, 1.82) is 0 Å². The zero-order valence-electron chi connectivity index (χ0n) is 14.7. The molecule has 2 aromatic carbocycles. The van der Waals surface area contributed by atoms with Crippen LogP contribution >= 0.6 is 51.2 Å². The van der Waals surface area contributed by atoms with E-state index in [1.807, 2.05) is 12.1 Å². The molecule has 0 unspecified atom stereocenters. The second kappa shape index (κ2) is 7.09. The van der Waals surface area contributed by atoms with E-state index in [-0.39, 0.29) is 23.5 Å². The van der Waals surface area contributed by atoms with Crippen molar-refractivity contribution < 1.29 is 14.7 Å². The van der Waals surface area contributed by atoms with E-state index in [2.05, 4.69) is 20.9 Å². The molecule has 2 aliphatic rings. The highest BCUT2D eigenvalue weighted by molar-refractivity contribution is 9.10. The predicted octanol–water partition coefficient (Wildman–Crippen LogP) is 5.07. The van der Waals surface area contributed by atoms with Crippen LogP contribution in [0.2, 0.25) is 0 Å². The standard InChI is InChI=1S/C20H13BrN2O3S3/c21-10-3-5-11(6-4-10)23-18(25)14-13(9-1-7-12(24)8-2-9)15-17(22-20(27)29-15)28-16(14)19(23)26/h1-8,13-14,16,24H,(H,22,27)/t13-,14-,16+/m0/s1. The number of phenols is 1. The lowest BCUT2D eigenvalue weighted by atomic mass is 9.83. The van der Waals surface area contributed by atoms with Gasteiger partial charge in [0.05, 0.1) is 16.6 Å². The van der Waals surface area contributed by atoms with Crippen molar-refractivity contribution in [3.05, 3.63) is 67.4 Å². The third-order valence-electron chi connectivity index (χ3n) is 5.16. The lowest BCUT2D eigenvalue weighted by Crippen LogP contribution is -2.32. The Bertz CT molecular complexity index is 1190. The van der Waals surface area contributed by atoms with Gasteiger partial charge in [0.15, 0.2) is 3.95 Å². The second-order valence-corrected chi connectivity index (χ2v) is 10.6. The largest absolute Gasteiger partial charge is 0.508 e. The van der Waals surface area contributed by atoms with Gasteiger partial charge in [-0.15, -0.1) is 11.3 Å². The van der Waals surface area contributed by atoms with Gasteiger partial charge in [0.1, 0.15) is 11.0 Å². The number of aromatic hydroxyl groups is 1. The average molecular weight is 505 g/mol. The van der Waals surface area contributed by atoms with Crippen LogP contribution in [-0.4, -0.2) is 27.2 Å². The van der Waals surface area contributed by atoms with E-state index in [0.717, 1.165) is 19.9 Å². The van der Waals surface area contributed by atoms with E-state index < -0.39 is 11.2 Å². The number of halogens is 1. The van der Waals surface area contributed by atoms with Crippen LogP contribution in [0.15, 0.2) is 58.0 Å². The number of carbonyl (C=O) groups excluding carboxylic acids is 2. The van der Waals surface area contributed by atoms with Gasteiger partial charge >= 0.3 is 0 Å². The monoisotopic (exact) mass is 504 g/mol. The average Bonchev–Trinajstić information content (AvgIpc) is 3.19. The molecule has 3 heterocycles. The highest BCUT2D eigenvalue weighted by Crippen LogP contribution is 2.54. The van der Waals surface area contributed by atoms with Gasteiger partial charge in [-0.1, -0.05) is 39.8 Å². The number of phenolic OH excluding ortho intramolecular Hbond substituents is 1. The first-order chi connectivity index (χ1) is 13.9. The molecule has 5 nitrogen and oxygen atoms in total. The molecule has 9 heteroatoms. The SMILES string of the molecule is O=C1[C@H]2[C@H](c3ccc(O)cc3)c3sc(=S)[nH]c3S[C@H]2C(=O)N1c1ccc(Br)cc1. The molecule has 0 spiro atoms. The summed E-state index contributed by atoms with van der Waals surface area (Å²) in [5.74, 6) is -1.10. The van der Waals surface area contributed by atoms with Crippen LogP contribution in [0.4, 0.5) is 5.69 Å². The molecule has 3 aromatic rings. The van der Waals surface area contributed by atoms with Gasteiger partial charge in [-0.25, -0.2) is 4.90 Å². The number of imide groups is 1. The highest BCUT2D eigenvalue weighted by atomic mass is 79.9. The van der Waals surface area contributed by atoms with E-state index in [1.54, 1.807) is 36.4 Å². The maximum atomic E-state index is 13.5. The first kappa shape index (κ1) is 19.0. The number of nitrogens with one attached hydrogen (secondary N) is 1. The van der Waals surface area contributed by atoms with Crippen molar-refractivity contribution >= 4 is 68.7 Å². The molecule has 0 saturated carbocycles. The molecule has 2 N–H and O–H groups in total. The normalized spacial score (nSPS) is 23.2. The lowest BCUT2D eigenvalue weighted by Gasteiger charge is -2.29. The van der Waals surface area contributed by atoms with Crippen molar-refractivity contribution in [3.8, 4) is 5.75 Å². The topological polar surface area (TPSA) is 73.4 Å². The summed E-state index contributed by atoms with van der Waals surface area (Å²) in [5.41, 5.74) is 1.45. The molecule has 5 rings (SSSR count). The van der Waals surface area contributed by atoms with E-state index in [4.69, 9.17) is 12.2 Å². The molecule has 3 atom stereocenters. The lowest BCUT2D eigenvalue weighted by molar-refractivity contribution is -0.122. The smallest absolute Gasteiger partial charge is 0.248 e. The Kier molecular flexibility index (Phi) is 4.65. The van der Waals surface area contributed by atoms with Crippen LogP contribution < -0.4 is 4.90 Å². The van der Waals surface area contributed by atoms with Crippen LogP contribution in [0.5, 0.6) is 5.75 Å². The molecule has 146 valence electrons. The fourth-order valence-corrected chi connectivity index (χ4v) is 7.13. The second-order valence-electron chi connectivity index (χ2n) is 6.83. The number of thioether (sulfide) groups is 1. The molecule has 0 bridgehead atoms. The summed E-state index contributed by atoms with van der Waals surface area (Å²) < 4.78 is 1.50.